The zero-order valence-electron chi connectivity index (χ0n) is 10.9. The molecule has 3 nitrogen and oxygen atoms in total. The number of ketones is 1. The average molecular weight is 261 g/mol. The van der Waals surface area contributed by atoms with Crippen molar-refractivity contribution in [2.24, 2.45) is 0 Å². The Kier molecular flexibility index (Phi) is 3.48. The third-order valence-electron chi connectivity index (χ3n) is 2.79. The number of carbonyl (C=O) groups is 1. The molecule has 2 rings (SSSR count). The lowest BCUT2D eigenvalue weighted by Gasteiger charge is -2.06. The van der Waals surface area contributed by atoms with E-state index in [2.05, 4.69) is 4.98 Å². The minimum atomic E-state index is 0.0400. The smallest absolute Gasteiger partial charge is 0.205 e. The molecule has 0 radical (unpaired) electrons. The second-order valence-electron chi connectivity index (χ2n) is 4.16. The molecule has 0 N–H and O–H groups in total. The zero-order valence-corrected chi connectivity index (χ0v) is 11.7. The molecule has 2 aromatic rings. The van der Waals surface area contributed by atoms with Crippen LogP contribution in [0.5, 0.6) is 5.75 Å². The maximum absolute atomic E-state index is 12.4. The van der Waals surface area contributed by atoms with Crippen molar-refractivity contribution < 1.29 is 9.53 Å². The molecular weight excluding hydrogens is 246 g/mol. The van der Waals surface area contributed by atoms with Gasteiger partial charge in [-0.15, -0.1) is 11.3 Å². The number of hydrogen-bond donors (Lipinski definition) is 0. The summed E-state index contributed by atoms with van der Waals surface area (Å²) in [7, 11) is 1.62. The lowest BCUT2D eigenvalue weighted by Crippen LogP contribution is -2.03. The van der Waals surface area contributed by atoms with Gasteiger partial charge in [0, 0.05) is 5.56 Å². The van der Waals surface area contributed by atoms with Crippen LogP contribution in [0.4, 0.5) is 0 Å². The van der Waals surface area contributed by atoms with Crippen LogP contribution in [0.2, 0.25) is 0 Å². The Labute approximate surface area is 110 Å². The van der Waals surface area contributed by atoms with E-state index in [9.17, 15) is 4.79 Å². The van der Waals surface area contributed by atoms with E-state index in [1.165, 1.54) is 11.3 Å². The number of rotatable bonds is 3. The van der Waals surface area contributed by atoms with E-state index in [-0.39, 0.29) is 5.78 Å². The van der Waals surface area contributed by atoms with Gasteiger partial charge in [0.2, 0.25) is 5.78 Å². The summed E-state index contributed by atoms with van der Waals surface area (Å²) in [6, 6.07) is 5.49. The molecule has 0 atom stereocenters. The Balaban J connectivity index is 2.43. The molecule has 1 heterocycles. The Hall–Kier alpha value is -1.68. The molecule has 0 saturated carbocycles. The average Bonchev–Trinajstić information content (AvgIpc) is 2.67. The van der Waals surface area contributed by atoms with Gasteiger partial charge in [0.25, 0.3) is 0 Å². The summed E-state index contributed by atoms with van der Waals surface area (Å²) in [4.78, 5) is 17.4. The highest BCUT2D eigenvalue weighted by Crippen LogP contribution is 2.24. The lowest BCUT2D eigenvalue weighted by atomic mass is 10.0. The van der Waals surface area contributed by atoms with E-state index in [0.29, 0.717) is 5.56 Å². The van der Waals surface area contributed by atoms with Gasteiger partial charge >= 0.3 is 0 Å². The van der Waals surface area contributed by atoms with Crippen LogP contribution in [0.3, 0.4) is 0 Å². The third kappa shape index (κ3) is 2.29. The quantitative estimate of drug-likeness (QED) is 0.796. The van der Waals surface area contributed by atoms with Crippen LogP contribution in [-0.2, 0) is 0 Å². The number of nitrogens with zero attached hydrogens (tertiary/aromatic N) is 1. The lowest BCUT2D eigenvalue weighted by molar-refractivity contribution is 0.104. The van der Waals surface area contributed by atoms with Crippen LogP contribution in [-0.4, -0.2) is 17.9 Å². The van der Waals surface area contributed by atoms with Crippen LogP contribution >= 0.6 is 11.3 Å². The molecule has 94 valence electrons. The number of aryl methyl sites for hydroxylation is 3. The molecule has 4 heteroatoms. The molecule has 1 aromatic heterocycles. The Morgan fingerprint density at radius 3 is 2.50 bits per heavy atom. The molecule has 0 saturated heterocycles. The second-order valence-corrected chi connectivity index (χ2v) is 5.36. The Morgan fingerprint density at radius 1 is 1.28 bits per heavy atom. The number of aromatic nitrogens is 1. The van der Waals surface area contributed by atoms with Crippen molar-refractivity contribution in [1.29, 1.82) is 0 Å². The number of methoxy groups -OCH3 is 1. The summed E-state index contributed by atoms with van der Waals surface area (Å²) in [5.74, 6) is 0.805. The van der Waals surface area contributed by atoms with E-state index in [1.54, 1.807) is 7.11 Å². The topological polar surface area (TPSA) is 39.2 Å². The third-order valence-corrected chi connectivity index (χ3v) is 3.86. The number of benzene rings is 1. The number of thiazole rings is 1. The fraction of sp³-hybridized carbons (Fsp3) is 0.286. The van der Waals surface area contributed by atoms with Gasteiger partial charge in [-0.25, -0.2) is 4.98 Å². The number of hydrogen-bond acceptors (Lipinski definition) is 4. The van der Waals surface area contributed by atoms with Gasteiger partial charge in [0.1, 0.15) is 5.75 Å². The minimum Gasteiger partial charge on any atom is -0.497 e. The van der Waals surface area contributed by atoms with Crippen LogP contribution < -0.4 is 4.74 Å². The van der Waals surface area contributed by atoms with Crippen molar-refractivity contribution in [1.82, 2.24) is 4.98 Å². The van der Waals surface area contributed by atoms with E-state index in [0.717, 1.165) is 26.9 Å². The molecule has 1 aromatic carbocycles. The highest BCUT2D eigenvalue weighted by molar-refractivity contribution is 7.14. The first-order chi connectivity index (χ1) is 8.52. The van der Waals surface area contributed by atoms with Crippen molar-refractivity contribution >= 4 is 17.1 Å². The van der Waals surface area contributed by atoms with Crippen LogP contribution in [0.15, 0.2) is 18.2 Å². The van der Waals surface area contributed by atoms with Crippen molar-refractivity contribution in [2.75, 3.05) is 7.11 Å². The Morgan fingerprint density at radius 2 is 2.00 bits per heavy atom. The van der Waals surface area contributed by atoms with Gasteiger partial charge in [-0.05, 0) is 44.5 Å². The van der Waals surface area contributed by atoms with E-state index in [4.69, 9.17) is 4.74 Å². The first-order valence-electron chi connectivity index (χ1n) is 5.66. The standard InChI is InChI=1S/C14H15NO2S/c1-8-7-11(17-4)5-6-12(8)13(16)14-9(2)15-10(3)18-14/h5-7H,1-4H3. The monoisotopic (exact) mass is 261 g/mol. The van der Waals surface area contributed by atoms with Gasteiger partial charge < -0.3 is 4.74 Å². The summed E-state index contributed by atoms with van der Waals surface area (Å²) in [5, 5.41) is 0.919. The van der Waals surface area contributed by atoms with Crippen molar-refractivity contribution in [3.05, 3.63) is 44.9 Å². The predicted molar refractivity (Wildman–Crippen MR) is 72.8 cm³/mol. The van der Waals surface area contributed by atoms with Crippen molar-refractivity contribution in [3.63, 3.8) is 0 Å². The summed E-state index contributed by atoms with van der Waals surface area (Å²) in [6.45, 7) is 5.70. The molecule has 0 aliphatic heterocycles. The summed E-state index contributed by atoms with van der Waals surface area (Å²) in [5.41, 5.74) is 2.44. The highest BCUT2D eigenvalue weighted by Gasteiger charge is 2.17. The summed E-state index contributed by atoms with van der Waals surface area (Å²) >= 11 is 1.44. The van der Waals surface area contributed by atoms with Gasteiger partial charge in [-0.2, -0.15) is 0 Å². The van der Waals surface area contributed by atoms with Crippen LogP contribution in [0.1, 0.15) is 31.5 Å². The normalized spacial score (nSPS) is 10.4. The first-order valence-corrected chi connectivity index (χ1v) is 6.48. The first kappa shape index (κ1) is 12.8. The molecule has 0 unspecified atom stereocenters. The summed E-state index contributed by atoms with van der Waals surface area (Å²) < 4.78 is 5.14. The largest absolute Gasteiger partial charge is 0.497 e. The van der Waals surface area contributed by atoms with Crippen LogP contribution in [0.25, 0.3) is 0 Å². The molecule has 0 bridgehead atoms. The molecule has 18 heavy (non-hydrogen) atoms. The van der Waals surface area contributed by atoms with Gasteiger partial charge in [0.05, 0.1) is 22.7 Å². The molecule has 0 aliphatic rings. The Bertz CT molecular complexity index is 602. The van der Waals surface area contributed by atoms with Gasteiger partial charge in [0.15, 0.2) is 0 Å². The molecular formula is C14H15NO2S. The van der Waals surface area contributed by atoms with Gasteiger partial charge in [-0.3, -0.25) is 4.79 Å². The SMILES string of the molecule is COc1ccc(C(=O)c2sc(C)nc2C)c(C)c1. The molecule has 0 amide bonds. The van der Waals surface area contributed by atoms with Gasteiger partial charge in [-0.1, -0.05) is 0 Å². The molecule has 0 fully saturated rings. The van der Waals surface area contributed by atoms with Crippen molar-refractivity contribution in [3.8, 4) is 5.75 Å². The van der Waals surface area contributed by atoms with Crippen molar-refractivity contribution in [2.45, 2.75) is 20.8 Å². The number of ether oxygens (including phenoxy) is 1. The maximum atomic E-state index is 12.4. The van der Waals surface area contributed by atoms with E-state index in [1.807, 2.05) is 39.0 Å². The second kappa shape index (κ2) is 4.90. The molecule has 0 spiro atoms. The molecule has 0 aliphatic carbocycles. The highest BCUT2D eigenvalue weighted by atomic mass is 32.1. The fourth-order valence-corrected chi connectivity index (χ4v) is 2.76. The predicted octanol–water partition coefficient (Wildman–Crippen LogP) is 3.31. The van der Waals surface area contributed by atoms with E-state index >= 15 is 0 Å². The maximum Gasteiger partial charge on any atom is 0.205 e. The number of carbonyl (C=O) groups excluding carboxylic acids is 1. The minimum absolute atomic E-state index is 0.0400. The van der Waals surface area contributed by atoms with Crippen LogP contribution in [0, 0.1) is 20.8 Å². The van der Waals surface area contributed by atoms with E-state index < -0.39 is 0 Å². The summed E-state index contributed by atoms with van der Waals surface area (Å²) in [6.07, 6.45) is 0. The fourth-order valence-electron chi connectivity index (χ4n) is 1.88. The zero-order chi connectivity index (χ0) is 13.3.